The van der Waals surface area contributed by atoms with E-state index in [2.05, 4.69) is 9.97 Å². The van der Waals surface area contributed by atoms with E-state index in [1.54, 1.807) is 19.2 Å². The van der Waals surface area contributed by atoms with Crippen LogP contribution in [0.15, 0.2) is 60.9 Å². The second-order valence-corrected chi connectivity index (χ2v) is 15.0. The van der Waals surface area contributed by atoms with Gasteiger partial charge >= 0.3 is 6.61 Å². The van der Waals surface area contributed by atoms with Crippen LogP contribution in [0.5, 0.6) is 5.75 Å². The third kappa shape index (κ3) is 7.38. The van der Waals surface area contributed by atoms with Crippen LogP contribution in [0.2, 0.25) is 0 Å². The lowest BCUT2D eigenvalue weighted by Crippen LogP contribution is -2.52. The second kappa shape index (κ2) is 13.1. The number of carbonyl (C=O) groups excluding carboxylic acids is 1. The molecule has 1 amide bonds. The van der Waals surface area contributed by atoms with Crippen molar-refractivity contribution in [1.29, 1.82) is 0 Å². The minimum atomic E-state index is -2.93. The first-order valence-electron chi connectivity index (χ1n) is 17.0. The number of nitrogens with zero attached hydrogens (tertiary/aromatic N) is 3. The van der Waals surface area contributed by atoms with Gasteiger partial charge in [0.15, 0.2) is 0 Å². The number of hydrogen-bond donors (Lipinski definition) is 0. The molecule has 7 rings (SSSR count). The Morgan fingerprint density at radius 3 is 2.19 bits per heavy atom. The number of pyridine rings is 2. The number of fused-ring (bicyclic) bond motifs is 3. The fraction of sp³-hybridized carbons (Fsp3) is 0.553. The summed E-state index contributed by atoms with van der Waals surface area (Å²) in [5.41, 5.74) is 1.50. The number of rotatable bonds is 12. The predicted octanol–water partition coefficient (Wildman–Crippen LogP) is 9.47. The topological polar surface area (TPSA) is 64.5 Å². The summed E-state index contributed by atoms with van der Waals surface area (Å²) in [5.74, 6) is -1.70. The van der Waals surface area contributed by atoms with Crippen LogP contribution >= 0.6 is 0 Å². The molecule has 4 saturated carbocycles. The summed E-state index contributed by atoms with van der Waals surface area (Å²) in [7, 11) is 0. The molecule has 2 heterocycles. The number of hydrogen-bond acceptors (Lipinski definition) is 5. The predicted molar refractivity (Wildman–Crippen MR) is 176 cm³/mol. The lowest BCUT2D eigenvalue weighted by atomic mass is 9.52. The molecule has 0 aliphatic heterocycles. The minimum absolute atomic E-state index is 0.0483. The average molecular weight is 668 g/mol. The Kier molecular flexibility index (Phi) is 9.35. The van der Waals surface area contributed by atoms with Gasteiger partial charge in [-0.2, -0.15) is 8.78 Å². The average Bonchev–Trinajstić information content (AvgIpc) is 3.03. The molecule has 3 aromatic rings. The monoisotopic (exact) mass is 667 g/mol. The molecule has 0 saturated heterocycles. The zero-order valence-corrected chi connectivity index (χ0v) is 28.2. The van der Waals surface area contributed by atoms with Gasteiger partial charge in [0, 0.05) is 49.0 Å². The molecule has 4 aliphatic carbocycles. The lowest BCUT2D eigenvalue weighted by molar-refractivity contribution is -0.239. The van der Waals surface area contributed by atoms with Gasteiger partial charge in [-0.1, -0.05) is 12.1 Å². The summed E-state index contributed by atoms with van der Waals surface area (Å²) in [6.07, 6.45) is 9.37. The van der Waals surface area contributed by atoms with Crippen LogP contribution in [0.1, 0.15) is 96.7 Å². The number of carbonyl (C=O) groups is 1. The molecule has 0 unspecified atom stereocenters. The highest BCUT2D eigenvalue weighted by molar-refractivity contribution is 5.93. The molecule has 6 nitrogen and oxygen atoms in total. The molecule has 48 heavy (non-hydrogen) atoms. The first-order chi connectivity index (χ1) is 22.7. The van der Waals surface area contributed by atoms with Crippen LogP contribution in [0.25, 0.3) is 11.1 Å². The number of ether oxygens (including phenoxy) is 2. The van der Waals surface area contributed by atoms with E-state index in [1.807, 2.05) is 55.1 Å². The Morgan fingerprint density at radius 1 is 0.958 bits per heavy atom. The van der Waals surface area contributed by atoms with Gasteiger partial charge in [0.1, 0.15) is 11.6 Å². The van der Waals surface area contributed by atoms with Crippen molar-refractivity contribution in [2.45, 2.75) is 115 Å². The maximum absolute atomic E-state index is 14.1. The summed E-state index contributed by atoms with van der Waals surface area (Å²) >= 11 is 0. The molecule has 0 atom stereocenters. The number of benzene rings is 1. The van der Waals surface area contributed by atoms with Gasteiger partial charge in [-0.05, 0) is 131 Å². The third-order valence-electron chi connectivity index (χ3n) is 10.9. The van der Waals surface area contributed by atoms with Crippen molar-refractivity contribution in [3.05, 3.63) is 72.2 Å². The van der Waals surface area contributed by atoms with Crippen molar-refractivity contribution in [2.24, 2.45) is 11.3 Å². The van der Waals surface area contributed by atoms with E-state index in [-0.39, 0.29) is 40.7 Å². The molecule has 4 fully saturated rings. The van der Waals surface area contributed by atoms with Crippen molar-refractivity contribution in [3.8, 4) is 16.9 Å². The molecule has 2 bridgehead atoms. The Hall–Kier alpha value is -3.53. The molecule has 0 spiro atoms. The Labute approximate surface area is 280 Å². The van der Waals surface area contributed by atoms with Gasteiger partial charge < -0.3 is 9.47 Å². The molecular weight excluding hydrogens is 622 g/mol. The molecule has 2 aromatic heterocycles. The smallest absolute Gasteiger partial charge is 0.345 e. The van der Waals surface area contributed by atoms with Crippen molar-refractivity contribution < 1.29 is 31.8 Å². The van der Waals surface area contributed by atoms with Crippen molar-refractivity contribution in [3.63, 3.8) is 0 Å². The normalized spacial score (nSPS) is 26.8. The number of halogens is 4. The molecule has 0 N–H and O–H groups in total. The number of amides is 1. The van der Waals surface area contributed by atoms with Crippen LogP contribution < -0.4 is 9.64 Å². The Balaban J connectivity index is 1.22. The van der Waals surface area contributed by atoms with E-state index < -0.39 is 18.1 Å². The van der Waals surface area contributed by atoms with Crippen molar-refractivity contribution in [2.75, 3.05) is 11.4 Å². The highest BCUT2D eigenvalue weighted by Crippen LogP contribution is 2.58. The van der Waals surface area contributed by atoms with Crippen LogP contribution in [-0.4, -0.2) is 40.7 Å². The second-order valence-electron chi connectivity index (χ2n) is 15.0. The maximum atomic E-state index is 14.1. The quantitative estimate of drug-likeness (QED) is 0.180. The van der Waals surface area contributed by atoms with E-state index in [4.69, 9.17) is 9.47 Å². The maximum Gasteiger partial charge on any atom is 0.345 e. The van der Waals surface area contributed by atoms with Crippen molar-refractivity contribution >= 4 is 11.7 Å². The van der Waals surface area contributed by atoms with E-state index in [0.717, 1.165) is 68.0 Å². The van der Waals surface area contributed by atoms with E-state index >= 15 is 0 Å². The summed E-state index contributed by atoms with van der Waals surface area (Å²) in [6.45, 7) is 4.18. The van der Waals surface area contributed by atoms with Crippen LogP contribution in [0.4, 0.5) is 23.4 Å². The number of anilines is 1. The van der Waals surface area contributed by atoms with Crippen LogP contribution in [0.3, 0.4) is 0 Å². The zero-order chi connectivity index (χ0) is 34.3. The van der Waals surface area contributed by atoms with Crippen LogP contribution in [0, 0.1) is 11.3 Å². The van der Waals surface area contributed by atoms with Crippen molar-refractivity contribution in [1.82, 2.24) is 9.97 Å². The molecule has 0 radical (unpaired) electrons. The van der Waals surface area contributed by atoms with E-state index in [0.29, 0.717) is 25.2 Å². The zero-order valence-electron chi connectivity index (χ0n) is 28.2. The highest BCUT2D eigenvalue weighted by atomic mass is 19.3. The van der Waals surface area contributed by atoms with E-state index in [1.165, 1.54) is 12.3 Å². The van der Waals surface area contributed by atoms with Crippen LogP contribution in [-0.2, 0) is 20.9 Å². The molecule has 4 aliphatic rings. The van der Waals surface area contributed by atoms with Gasteiger partial charge in [-0.15, -0.1) is 0 Å². The lowest BCUT2D eigenvalue weighted by Gasteiger charge is -2.54. The molecule has 10 heteroatoms. The minimum Gasteiger partial charge on any atom is -0.491 e. The first-order valence-corrected chi connectivity index (χ1v) is 17.0. The molecule has 258 valence electrons. The third-order valence-corrected chi connectivity index (χ3v) is 10.9. The largest absolute Gasteiger partial charge is 0.491 e. The summed E-state index contributed by atoms with van der Waals surface area (Å²) < 4.78 is 64.2. The van der Waals surface area contributed by atoms with E-state index in [9.17, 15) is 22.4 Å². The van der Waals surface area contributed by atoms with Gasteiger partial charge in [0.05, 0.1) is 11.7 Å². The first kappa shape index (κ1) is 34.3. The van der Waals surface area contributed by atoms with Gasteiger partial charge in [-0.3, -0.25) is 14.7 Å². The highest BCUT2D eigenvalue weighted by Gasteiger charge is 2.51. The Morgan fingerprint density at radius 2 is 1.62 bits per heavy atom. The van der Waals surface area contributed by atoms with Gasteiger partial charge in [-0.25, -0.2) is 13.8 Å². The standard InChI is InChI=1S/C38H45F4N3O3/c1-25(2)47-30-8-5-27(6-9-30)28-11-18-43-32(20-28)45(33(46)19-26-21-35(3,22-26)48-34(39)40)24-37-12-15-38(16-13-37,17-14-37)31-10-7-29(23-44-31)36(4,41)42/h5-11,18,20,23,25-26,34H,12-17,19,21-22,24H2,1-4H3. The summed E-state index contributed by atoms with van der Waals surface area (Å²) in [6, 6.07) is 15.0. The summed E-state index contributed by atoms with van der Waals surface area (Å²) in [5, 5.41) is 0. The fourth-order valence-corrected chi connectivity index (χ4v) is 8.20. The molecule has 1 aromatic carbocycles. The molecular formula is C38H45F4N3O3. The fourth-order valence-electron chi connectivity index (χ4n) is 8.20. The van der Waals surface area contributed by atoms with Gasteiger partial charge in [0.2, 0.25) is 5.91 Å². The SMILES string of the molecule is CC(C)Oc1ccc(-c2ccnc(N(CC34CCC(c5ccc(C(C)(F)F)cn5)(CC3)CC4)C(=O)CC3CC(C)(OC(F)F)C3)c2)cc1. The summed E-state index contributed by atoms with van der Waals surface area (Å²) in [4.78, 5) is 25.1. The van der Waals surface area contributed by atoms with Gasteiger partial charge in [0.25, 0.3) is 5.92 Å². The Bertz CT molecular complexity index is 1560. The number of aromatic nitrogens is 2. The number of alkyl halides is 4.